The van der Waals surface area contributed by atoms with Gasteiger partial charge >= 0.3 is 0 Å². The first-order valence-corrected chi connectivity index (χ1v) is 4.85. The molecule has 1 unspecified atom stereocenters. The van der Waals surface area contributed by atoms with Crippen molar-refractivity contribution in [2.24, 2.45) is 11.7 Å². The summed E-state index contributed by atoms with van der Waals surface area (Å²) in [4.78, 5) is 4.32. The van der Waals surface area contributed by atoms with Crippen molar-refractivity contribution in [1.82, 2.24) is 9.55 Å². The molecule has 3 nitrogen and oxygen atoms in total. The second-order valence-electron chi connectivity index (χ2n) is 4.03. The van der Waals surface area contributed by atoms with Gasteiger partial charge in [-0.3, -0.25) is 0 Å². The zero-order valence-corrected chi connectivity index (χ0v) is 8.70. The number of hydrogen-bond donors (Lipinski definition) is 1. The van der Waals surface area contributed by atoms with Crippen LogP contribution in [0.3, 0.4) is 0 Å². The van der Waals surface area contributed by atoms with Crippen LogP contribution in [-0.4, -0.2) is 16.1 Å². The summed E-state index contributed by atoms with van der Waals surface area (Å²) in [6.45, 7) is 8.20. The van der Waals surface area contributed by atoms with Crippen molar-refractivity contribution in [2.75, 3.05) is 6.54 Å². The molecule has 0 radical (unpaired) electrons. The van der Waals surface area contributed by atoms with Gasteiger partial charge in [-0.2, -0.15) is 0 Å². The number of imidazole rings is 1. The fourth-order valence-corrected chi connectivity index (χ4v) is 1.27. The van der Waals surface area contributed by atoms with Gasteiger partial charge in [-0.1, -0.05) is 20.8 Å². The van der Waals surface area contributed by atoms with Crippen molar-refractivity contribution in [2.45, 2.75) is 33.2 Å². The topological polar surface area (TPSA) is 43.8 Å². The van der Waals surface area contributed by atoms with Crippen LogP contribution in [0.4, 0.5) is 0 Å². The molecule has 1 rings (SSSR count). The maximum atomic E-state index is 5.57. The number of hydrogen-bond acceptors (Lipinski definition) is 2. The number of nitrogens with two attached hydrogens (primary N) is 1. The van der Waals surface area contributed by atoms with Crippen molar-refractivity contribution in [3.05, 3.63) is 18.2 Å². The molecule has 1 aromatic heterocycles. The molecular weight excluding hydrogens is 162 g/mol. The van der Waals surface area contributed by atoms with Crippen molar-refractivity contribution in [3.8, 4) is 0 Å². The van der Waals surface area contributed by atoms with Gasteiger partial charge in [0.25, 0.3) is 0 Å². The monoisotopic (exact) mass is 181 g/mol. The Balaban J connectivity index is 2.63. The second kappa shape index (κ2) is 4.42. The third-order valence-corrected chi connectivity index (χ3v) is 2.09. The van der Waals surface area contributed by atoms with Gasteiger partial charge in [0.15, 0.2) is 0 Å². The molecule has 0 aliphatic heterocycles. The Labute approximate surface area is 80.0 Å². The van der Waals surface area contributed by atoms with Gasteiger partial charge in [-0.05, 0) is 5.92 Å². The highest BCUT2D eigenvalue weighted by Crippen LogP contribution is 2.11. The van der Waals surface area contributed by atoms with Crippen LogP contribution in [0.2, 0.25) is 0 Å². The molecule has 0 saturated carbocycles. The van der Waals surface area contributed by atoms with Gasteiger partial charge < -0.3 is 10.3 Å². The lowest BCUT2D eigenvalue weighted by atomic mass is 10.1. The molecule has 0 aliphatic carbocycles. The molecule has 0 fully saturated rings. The lowest BCUT2D eigenvalue weighted by molar-refractivity contribution is 0.522. The fourth-order valence-electron chi connectivity index (χ4n) is 1.27. The van der Waals surface area contributed by atoms with Crippen molar-refractivity contribution in [3.63, 3.8) is 0 Å². The van der Waals surface area contributed by atoms with E-state index in [9.17, 15) is 0 Å². The van der Waals surface area contributed by atoms with Crippen molar-refractivity contribution in [1.29, 1.82) is 0 Å². The second-order valence-corrected chi connectivity index (χ2v) is 4.03. The number of nitrogens with zero attached hydrogens (tertiary/aromatic N) is 2. The van der Waals surface area contributed by atoms with Gasteiger partial charge in [0.05, 0.1) is 12.0 Å². The van der Waals surface area contributed by atoms with Crippen LogP contribution < -0.4 is 5.73 Å². The molecule has 1 heterocycles. The molecule has 0 amide bonds. The van der Waals surface area contributed by atoms with Crippen molar-refractivity contribution < 1.29 is 0 Å². The van der Waals surface area contributed by atoms with E-state index in [0.717, 1.165) is 12.2 Å². The summed E-state index contributed by atoms with van der Waals surface area (Å²) in [6.07, 6.45) is 3.99. The molecule has 0 bridgehead atoms. The van der Waals surface area contributed by atoms with E-state index in [1.807, 2.05) is 6.33 Å². The van der Waals surface area contributed by atoms with Crippen LogP contribution in [0.1, 0.15) is 32.4 Å². The summed E-state index contributed by atoms with van der Waals surface area (Å²) in [7, 11) is 0. The molecule has 0 aliphatic rings. The Bertz CT molecular complexity index is 252. The largest absolute Gasteiger partial charge is 0.337 e. The first-order valence-electron chi connectivity index (χ1n) is 4.85. The minimum Gasteiger partial charge on any atom is -0.337 e. The van der Waals surface area contributed by atoms with Gasteiger partial charge in [-0.15, -0.1) is 0 Å². The van der Waals surface area contributed by atoms with Crippen molar-refractivity contribution >= 4 is 0 Å². The minimum absolute atomic E-state index is 0.369. The third-order valence-electron chi connectivity index (χ3n) is 2.09. The summed E-state index contributed by atoms with van der Waals surface area (Å²) in [5, 5.41) is 0. The molecule has 0 aromatic carbocycles. The molecular formula is C10H19N3. The van der Waals surface area contributed by atoms with Gasteiger partial charge in [0, 0.05) is 25.2 Å². The molecule has 3 heteroatoms. The summed E-state index contributed by atoms with van der Waals surface area (Å²) in [6, 6.07) is 0. The average molecular weight is 181 g/mol. The lowest BCUT2D eigenvalue weighted by Gasteiger charge is -2.05. The highest BCUT2D eigenvalue weighted by molar-refractivity contribution is 5.03. The third kappa shape index (κ3) is 2.84. The molecule has 0 spiro atoms. The quantitative estimate of drug-likeness (QED) is 0.766. The van der Waals surface area contributed by atoms with E-state index >= 15 is 0 Å². The highest BCUT2D eigenvalue weighted by atomic mass is 15.0. The maximum Gasteiger partial charge on any atom is 0.0949 e. The first-order chi connectivity index (χ1) is 6.13. The SMILES string of the molecule is CC(C)Cn1cnc(C(C)CN)c1. The molecule has 2 N–H and O–H groups in total. The van der Waals surface area contributed by atoms with Crippen LogP contribution in [0.25, 0.3) is 0 Å². The molecule has 74 valence electrons. The average Bonchev–Trinajstić information content (AvgIpc) is 2.50. The Morgan fingerprint density at radius 3 is 2.69 bits per heavy atom. The van der Waals surface area contributed by atoms with E-state index in [1.165, 1.54) is 0 Å². The van der Waals surface area contributed by atoms with Gasteiger partial charge in [0.1, 0.15) is 0 Å². The molecule has 13 heavy (non-hydrogen) atoms. The standard InChI is InChI=1S/C10H19N3/c1-8(2)5-13-6-10(12-7-13)9(3)4-11/h6-9H,4-5,11H2,1-3H3. The van der Waals surface area contributed by atoms with E-state index in [-0.39, 0.29) is 0 Å². The maximum absolute atomic E-state index is 5.57. The smallest absolute Gasteiger partial charge is 0.0949 e. The first kappa shape index (κ1) is 10.3. The number of rotatable bonds is 4. The number of aromatic nitrogens is 2. The summed E-state index contributed by atoms with van der Waals surface area (Å²) in [5.41, 5.74) is 6.67. The minimum atomic E-state index is 0.369. The van der Waals surface area contributed by atoms with E-state index in [2.05, 4.69) is 36.5 Å². The Morgan fingerprint density at radius 1 is 1.46 bits per heavy atom. The highest BCUT2D eigenvalue weighted by Gasteiger charge is 2.06. The van der Waals surface area contributed by atoms with Crippen LogP contribution in [0.15, 0.2) is 12.5 Å². The van der Waals surface area contributed by atoms with Gasteiger partial charge in [-0.25, -0.2) is 4.98 Å². The summed E-state index contributed by atoms with van der Waals surface area (Å²) >= 11 is 0. The van der Waals surface area contributed by atoms with Crippen LogP contribution >= 0.6 is 0 Å². The normalized spacial score (nSPS) is 13.6. The fraction of sp³-hybridized carbons (Fsp3) is 0.700. The molecule has 1 atom stereocenters. The Morgan fingerprint density at radius 2 is 2.15 bits per heavy atom. The van der Waals surface area contributed by atoms with E-state index in [1.54, 1.807) is 0 Å². The summed E-state index contributed by atoms with van der Waals surface area (Å²) < 4.78 is 2.13. The van der Waals surface area contributed by atoms with Gasteiger partial charge in [0.2, 0.25) is 0 Å². The molecule has 0 saturated heterocycles. The summed E-state index contributed by atoms with van der Waals surface area (Å²) in [5.74, 6) is 1.03. The van der Waals surface area contributed by atoms with Crippen LogP contribution in [0.5, 0.6) is 0 Å². The zero-order chi connectivity index (χ0) is 9.84. The predicted molar refractivity (Wildman–Crippen MR) is 54.5 cm³/mol. The lowest BCUT2D eigenvalue weighted by Crippen LogP contribution is -2.09. The van der Waals surface area contributed by atoms with Crippen LogP contribution in [0, 0.1) is 5.92 Å². The predicted octanol–water partition coefficient (Wildman–Crippen LogP) is 1.60. The van der Waals surface area contributed by atoms with Crippen LogP contribution in [-0.2, 0) is 6.54 Å². The van der Waals surface area contributed by atoms with E-state index in [0.29, 0.717) is 18.4 Å². The zero-order valence-electron chi connectivity index (χ0n) is 8.70. The Kier molecular flexibility index (Phi) is 3.48. The Hall–Kier alpha value is -0.830. The van der Waals surface area contributed by atoms with E-state index in [4.69, 9.17) is 5.73 Å². The molecule has 1 aromatic rings. The van der Waals surface area contributed by atoms with E-state index < -0.39 is 0 Å².